The first-order valence-corrected chi connectivity index (χ1v) is 12.0. The van der Waals surface area contributed by atoms with Crippen LogP contribution in [0.5, 0.6) is 0 Å². The molecule has 196 valence electrons. The smallest absolute Gasteiger partial charge is 0.411 e. The maximum atomic E-state index is 12.1. The van der Waals surface area contributed by atoms with Crippen molar-refractivity contribution in [2.24, 2.45) is 0 Å². The van der Waals surface area contributed by atoms with Crippen LogP contribution in [0.1, 0.15) is 80.1 Å². The van der Waals surface area contributed by atoms with Gasteiger partial charge in [0.15, 0.2) is 0 Å². The van der Waals surface area contributed by atoms with Crippen LogP contribution in [0.2, 0.25) is 0 Å². The Bertz CT molecular complexity index is 725. The number of rotatable bonds is 2. The predicted octanol–water partition coefficient (Wildman–Crippen LogP) is 3.72. The van der Waals surface area contributed by atoms with Gasteiger partial charge >= 0.3 is 18.2 Å². The minimum Gasteiger partial charge on any atom is -0.480 e. The average molecular weight is 486 g/mol. The van der Waals surface area contributed by atoms with E-state index in [0.717, 1.165) is 32.1 Å². The van der Waals surface area contributed by atoms with Gasteiger partial charge in [0, 0.05) is 27.2 Å². The van der Waals surface area contributed by atoms with Crippen molar-refractivity contribution in [3.8, 4) is 0 Å². The number of hydrogen-bond acceptors (Lipinski definition) is 6. The number of carboxylic acids is 1. The summed E-state index contributed by atoms with van der Waals surface area (Å²) < 4.78 is 10.5. The zero-order valence-electron chi connectivity index (χ0n) is 22.0. The number of likely N-dealkylation sites (tertiary alicyclic amines) is 2. The Morgan fingerprint density at radius 1 is 0.735 bits per heavy atom. The van der Waals surface area contributed by atoms with Crippen LogP contribution in [0.3, 0.4) is 0 Å². The number of carbonyl (C=O) groups excluding carboxylic acids is 3. The highest BCUT2D eigenvalue weighted by Gasteiger charge is 2.36. The maximum absolute atomic E-state index is 12.1. The fourth-order valence-corrected chi connectivity index (χ4v) is 3.75. The zero-order chi connectivity index (χ0) is 26.3. The van der Waals surface area contributed by atoms with Gasteiger partial charge in [-0.3, -0.25) is 14.6 Å². The van der Waals surface area contributed by atoms with E-state index in [0.29, 0.717) is 19.5 Å². The van der Waals surface area contributed by atoms with Crippen LogP contribution in [0, 0.1) is 0 Å². The summed E-state index contributed by atoms with van der Waals surface area (Å²) in [4.78, 5) is 51.3. The molecule has 0 aromatic heterocycles. The summed E-state index contributed by atoms with van der Waals surface area (Å²) in [6.07, 6.45) is 3.89. The van der Waals surface area contributed by atoms with Gasteiger partial charge in [0.2, 0.25) is 5.91 Å². The number of nitrogens with zero attached hydrogens (tertiary/aromatic N) is 3. The summed E-state index contributed by atoms with van der Waals surface area (Å²) in [6.45, 7) is 11.9. The van der Waals surface area contributed by atoms with Gasteiger partial charge in [-0.1, -0.05) is 0 Å². The number of aliphatic carboxylic acids is 1. The largest absolute Gasteiger partial charge is 0.480 e. The highest BCUT2D eigenvalue weighted by atomic mass is 16.6. The summed E-state index contributed by atoms with van der Waals surface area (Å²) in [5.74, 6) is -0.980. The molecular weight excluding hydrogens is 442 g/mol. The molecule has 1 N–H and O–H groups in total. The lowest BCUT2D eigenvalue weighted by atomic mass is 10.0. The molecule has 0 aromatic carbocycles. The maximum Gasteiger partial charge on any atom is 0.411 e. The van der Waals surface area contributed by atoms with E-state index in [-0.39, 0.29) is 18.0 Å². The van der Waals surface area contributed by atoms with Crippen LogP contribution >= 0.6 is 0 Å². The van der Waals surface area contributed by atoms with E-state index in [1.54, 1.807) is 39.8 Å². The van der Waals surface area contributed by atoms with E-state index in [1.807, 2.05) is 20.8 Å². The summed E-state index contributed by atoms with van der Waals surface area (Å²) in [5, 5.41) is 9.01. The molecule has 34 heavy (non-hydrogen) atoms. The van der Waals surface area contributed by atoms with Crippen molar-refractivity contribution < 1.29 is 33.8 Å². The summed E-state index contributed by atoms with van der Waals surface area (Å²) in [6, 6.07) is -1.10. The molecule has 0 spiro atoms. The van der Waals surface area contributed by atoms with Crippen molar-refractivity contribution in [1.29, 1.82) is 0 Å². The summed E-state index contributed by atoms with van der Waals surface area (Å²) >= 11 is 0. The van der Waals surface area contributed by atoms with Crippen LogP contribution in [-0.4, -0.2) is 94.3 Å². The molecule has 0 aliphatic carbocycles. The van der Waals surface area contributed by atoms with Gasteiger partial charge in [0.1, 0.15) is 23.3 Å². The molecule has 2 saturated heterocycles. The number of likely N-dealkylation sites (N-methyl/N-ethyl adjacent to an activating group) is 1. The fourth-order valence-electron chi connectivity index (χ4n) is 3.75. The van der Waals surface area contributed by atoms with Crippen LogP contribution in [0.15, 0.2) is 0 Å². The lowest BCUT2D eigenvalue weighted by molar-refractivity contribution is -0.144. The molecular formula is C24H43N3O7. The molecule has 0 saturated carbocycles. The number of carboxylic acid groups (broad SMARTS) is 1. The Hall–Kier alpha value is -2.52. The third-order valence-electron chi connectivity index (χ3n) is 5.27. The predicted molar refractivity (Wildman–Crippen MR) is 127 cm³/mol. The second kappa shape index (κ2) is 12.3. The first-order chi connectivity index (χ1) is 15.5. The number of amides is 3. The first kappa shape index (κ1) is 29.5. The minimum absolute atomic E-state index is 0.0273. The molecule has 10 nitrogen and oxygen atoms in total. The number of hydrogen-bond donors (Lipinski definition) is 1. The highest BCUT2D eigenvalue weighted by molar-refractivity contribution is 5.85. The summed E-state index contributed by atoms with van der Waals surface area (Å²) in [5.41, 5.74) is -1.11. The SMILES string of the molecule is CC(C)(C)OC(=O)N1CCCC[C@@H]1C(=O)O.CN(C)C(=O)[C@H]1CCCCN1C(=O)OC(C)(C)C. The molecule has 0 radical (unpaired) electrons. The Labute approximate surface area is 203 Å². The van der Waals surface area contributed by atoms with Gasteiger partial charge in [-0.2, -0.15) is 0 Å². The van der Waals surface area contributed by atoms with Crippen LogP contribution in [0.25, 0.3) is 0 Å². The molecule has 0 unspecified atom stereocenters. The lowest BCUT2D eigenvalue weighted by Gasteiger charge is -2.36. The molecule has 2 aliphatic rings. The molecule has 2 heterocycles. The summed E-state index contributed by atoms with van der Waals surface area (Å²) in [7, 11) is 3.43. The van der Waals surface area contributed by atoms with Crippen LogP contribution in [0.4, 0.5) is 9.59 Å². The molecule has 2 rings (SSSR count). The molecule has 10 heteroatoms. The van der Waals surface area contributed by atoms with Gasteiger partial charge in [0.05, 0.1) is 0 Å². The van der Waals surface area contributed by atoms with Crippen molar-refractivity contribution in [3.05, 3.63) is 0 Å². The monoisotopic (exact) mass is 485 g/mol. The minimum atomic E-state index is -0.953. The zero-order valence-corrected chi connectivity index (χ0v) is 22.0. The van der Waals surface area contributed by atoms with E-state index in [2.05, 4.69) is 0 Å². The molecule has 0 aromatic rings. The Kier molecular flexibility index (Phi) is 10.6. The molecule has 2 fully saturated rings. The molecule has 2 aliphatic heterocycles. The Balaban J connectivity index is 0.000000342. The topological polar surface area (TPSA) is 117 Å². The van der Waals surface area contributed by atoms with E-state index < -0.39 is 29.3 Å². The first-order valence-electron chi connectivity index (χ1n) is 12.0. The van der Waals surface area contributed by atoms with Gasteiger partial charge in [-0.05, 0) is 80.1 Å². The van der Waals surface area contributed by atoms with Crippen molar-refractivity contribution in [2.75, 3.05) is 27.2 Å². The van der Waals surface area contributed by atoms with Crippen molar-refractivity contribution in [2.45, 2.75) is 103 Å². The van der Waals surface area contributed by atoms with E-state index >= 15 is 0 Å². The van der Waals surface area contributed by atoms with Gasteiger partial charge in [-0.25, -0.2) is 14.4 Å². The van der Waals surface area contributed by atoms with E-state index in [4.69, 9.17) is 14.6 Å². The highest BCUT2D eigenvalue weighted by Crippen LogP contribution is 2.22. The molecule has 2 atom stereocenters. The van der Waals surface area contributed by atoms with Crippen LogP contribution in [-0.2, 0) is 19.1 Å². The molecule has 0 bridgehead atoms. The van der Waals surface area contributed by atoms with Crippen molar-refractivity contribution in [1.82, 2.24) is 14.7 Å². The average Bonchev–Trinajstić information content (AvgIpc) is 2.71. The van der Waals surface area contributed by atoms with Gasteiger partial charge in [0.25, 0.3) is 0 Å². The lowest BCUT2D eigenvalue weighted by Crippen LogP contribution is -2.52. The third kappa shape index (κ3) is 9.77. The molecule has 3 amide bonds. The standard InChI is InChI=1S/C13H24N2O3.C11H19NO4/c1-13(2,3)18-12(17)15-9-7-6-8-10(15)11(16)14(4)5;1-11(2,3)16-10(15)12-7-5-4-6-8(12)9(13)14/h10H,6-9H2,1-5H3;8H,4-7H2,1-3H3,(H,13,14)/t10-;8-/m11/s1. The normalized spacial score (nSPS) is 21.1. The second-order valence-corrected chi connectivity index (χ2v) is 10.9. The Morgan fingerprint density at radius 3 is 1.47 bits per heavy atom. The van der Waals surface area contributed by atoms with Gasteiger partial charge in [-0.15, -0.1) is 0 Å². The van der Waals surface area contributed by atoms with Gasteiger partial charge < -0.3 is 19.5 Å². The van der Waals surface area contributed by atoms with E-state index in [1.165, 1.54) is 9.80 Å². The quantitative estimate of drug-likeness (QED) is 0.633. The number of carbonyl (C=O) groups is 4. The van der Waals surface area contributed by atoms with Crippen LogP contribution < -0.4 is 0 Å². The Morgan fingerprint density at radius 2 is 1.12 bits per heavy atom. The fraction of sp³-hybridized carbons (Fsp3) is 0.833. The second-order valence-electron chi connectivity index (χ2n) is 10.9. The number of piperidine rings is 2. The number of ether oxygens (including phenoxy) is 2. The van der Waals surface area contributed by atoms with Crippen molar-refractivity contribution in [3.63, 3.8) is 0 Å². The van der Waals surface area contributed by atoms with Crippen molar-refractivity contribution >= 4 is 24.1 Å². The van der Waals surface area contributed by atoms with E-state index in [9.17, 15) is 19.2 Å². The third-order valence-corrected chi connectivity index (χ3v) is 5.27.